The average molecular weight is 188 g/mol. The number of likely N-dealkylation sites (N-methyl/N-ethyl adjacent to an activating group) is 1. The van der Waals surface area contributed by atoms with Crippen LogP contribution in [0, 0.1) is 0 Å². The molecule has 1 atom stereocenters. The molecule has 0 heterocycles. The lowest BCUT2D eigenvalue weighted by atomic mass is 10.2. The monoisotopic (exact) mass is 188 g/mol. The standard InChI is InChI=1S/C9H20N2O2/c1-11(2)6-8(13)5-10-9(7-12)3-4-9/h8,10,12-13H,3-7H2,1-2H3. The summed E-state index contributed by atoms with van der Waals surface area (Å²) in [5, 5.41) is 21.7. The number of nitrogens with one attached hydrogen (secondary N) is 1. The normalized spacial score (nSPS) is 21.9. The van der Waals surface area contributed by atoms with Gasteiger partial charge in [0.1, 0.15) is 0 Å². The third-order valence-electron chi connectivity index (χ3n) is 2.44. The minimum absolute atomic E-state index is 0.0622. The van der Waals surface area contributed by atoms with Gasteiger partial charge in [-0.1, -0.05) is 0 Å². The number of β-amino-alcohol motifs (C(OH)–C–C–N with tert-alkyl or cyclic N) is 1. The maximum Gasteiger partial charge on any atom is 0.0791 e. The van der Waals surface area contributed by atoms with Gasteiger partial charge in [0, 0.05) is 18.6 Å². The molecule has 3 N–H and O–H groups in total. The molecule has 0 aliphatic heterocycles. The van der Waals surface area contributed by atoms with E-state index < -0.39 is 0 Å². The lowest BCUT2D eigenvalue weighted by molar-refractivity contribution is 0.123. The minimum Gasteiger partial charge on any atom is -0.394 e. The fourth-order valence-electron chi connectivity index (χ4n) is 1.36. The van der Waals surface area contributed by atoms with E-state index in [1.807, 2.05) is 19.0 Å². The summed E-state index contributed by atoms with van der Waals surface area (Å²) in [6.07, 6.45) is 1.70. The maximum absolute atomic E-state index is 9.52. The van der Waals surface area contributed by atoms with Gasteiger partial charge in [-0.3, -0.25) is 0 Å². The summed E-state index contributed by atoms with van der Waals surface area (Å²) >= 11 is 0. The van der Waals surface area contributed by atoms with Crippen LogP contribution in [0.1, 0.15) is 12.8 Å². The quantitative estimate of drug-likeness (QED) is 0.502. The van der Waals surface area contributed by atoms with Crippen LogP contribution >= 0.6 is 0 Å². The van der Waals surface area contributed by atoms with Crippen molar-refractivity contribution in [3.8, 4) is 0 Å². The molecule has 1 unspecified atom stereocenters. The molecule has 13 heavy (non-hydrogen) atoms. The van der Waals surface area contributed by atoms with Crippen LogP contribution in [0.4, 0.5) is 0 Å². The molecule has 1 fully saturated rings. The Labute approximate surface area is 79.6 Å². The third kappa shape index (κ3) is 3.60. The summed E-state index contributed by atoms with van der Waals surface area (Å²) in [4.78, 5) is 1.95. The molecule has 0 aromatic rings. The van der Waals surface area contributed by atoms with Crippen molar-refractivity contribution in [2.24, 2.45) is 0 Å². The summed E-state index contributed by atoms with van der Waals surface area (Å²) in [7, 11) is 3.87. The number of nitrogens with zero attached hydrogens (tertiary/aromatic N) is 1. The fraction of sp³-hybridized carbons (Fsp3) is 1.00. The molecular formula is C9H20N2O2. The highest BCUT2D eigenvalue weighted by atomic mass is 16.3. The first kappa shape index (κ1) is 10.9. The Morgan fingerprint density at radius 3 is 2.46 bits per heavy atom. The van der Waals surface area contributed by atoms with Gasteiger partial charge in [-0.05, 0) is 26.9 Å². The number of hydrogen-bond donors (Lipinski definition) is 3. The van der Waals surface area contributed by atoms with Crippen LogP contribution in [0.25, 0.3) is 0 Å². The first-order valence-corrected chi connectivity index (χ1v) is 4.77. The molecule has 1 rings (SSSR count). The highest BCUT2D eigenvalue weighted by Crippen LogP contribution is 2.34. The first-order valence-electron chi connectivity index (χ1n) is 4.77. The van der Waals surface area contributed by atoms with E-state index in [1.165, 1.54) is 0 Å². The Hall–Kier alpha value is -0.160. The second kappa shape index (κ2) is 4.37. The molecule has 0 spiro atoms. The van der Waals surface area contributed by atoms with E-state index in [0.29, 0.717) is 13.1 Å². The lowest BCUT2D eigenvalue weighted by Crippen LogP contribution is -2.42. The maximum atomic E-state index is 9.52. The van der Waals surface area contributed by atoms with Crippen molar-refractivity contribution in [2.75, 3.05) is 33.8 Å². The molecule has 1 aliphatic carbocycles. The molecule has 0 bridgehead atoms. The number of aliphatic hydroxyl groups excluding tert-OH is 2. The Kier molecular flexibility index (Phi) is 3.67. The largest absolute Gasteiger partial charge is 0.394 e. The van der Waals surface area contributed by atoms with Crippen molar-refractivity contribution in [2.45, 2.75) is 24.5 Å². The van der Waals surface area contributed by atoms with E-state index in [2.05, 4.69) is 5.32 Å². The van der Waals surface area contributed by atoms with Gasteiger partial charge >= 0.3 is 0 Å². The molecule has 78 valence electrons. The molecule has 0 saturated heterocycles. The molecule has 4 heteroatoms. The van der Waals surface area contributed by atoms with Crippen LogP contribution in [0.15, 0.2) is 0 Å². The molecule has 0 amide bonds. The summed E-state index contributed by atoms with van der Waals surface area (Å²) in [6, 6.07) is 0. The zero-order chi connectivity index (χ0) is 9.90. The van der Waals surface area contributed by atoms with E-state index in [0.717, 1.165) is 12.8 Å². The topological polar surface area (TPSA) is 55.7 Å². The van der Waals surface area contributed by atoms with Crippen LogP contribution in [-0.2, 0) is 0 Å². The third-order valence-corrected chi connectivity index (χ3v) is 2.44. The molecular weight excluding hydrogens is 168 g/mol. The number of aliphatic hydroxyl groups is 2. The summed E-state index contributed by atoms with van der Waals surface area (Å²) in [5.74, 6) is 0. The average Bonchev–Trinajstić information content (AvgIpc) is 2.80. The van der Waals surface area contributed by atoms with Gasteiger partial charge in [-0.2, -0.15) is 0 Å². The van der Waals surface area contributed by atoms with Crippen molar-refractivity contribution in [1.29, 1.82) is 0 Å². The summed E-state index contributed by atoms with van der Waals surface area (Å²) in [5.41, 5.74) is -0.0622. The van der Waals surface area contributed by atoms with E-state index in [-0.39, 0.29) is 18.2 Å². The molecule has 1 saturated carbocycles. The summed E-state index contributed by atoms with van der Waals surface area (Å²) in [6.45, 7) is 1.41. The van der Waals surface area contributed by atoms with Crippen LogP contribution in [0.3, 0.4) is 0 Å². The van der Waals surface area contributed by atoms with Crippen molar-refractivity contribution in [3.63, 3.8) is 0 Å². The summed E-state index contributed by atoms with van der Waals surface area (Å²) < 4.78 is 0. The van der Waals surface area contributed by atoms with Gasteiger partial charge in [0.25, 0.3) is 0 Å². The van der Waals surface area contributed by atoms with Crippen molar-refractivity contribution in [1.82, 2.24) is 10.2 Å². The molecule has 4 nitrogen and oxygen atoms in total. The van der Waals surface area contributed by atoms with Crippen molar-refractivity contribution in [3.05, 3.63) is 0 Å². The van der Waals surface area contributed by atoms with Crippen molar-refractivity contribution < 1.29 is 10.2 Å². The van der Waals surface area contributed by atoms with E-state index in [1.54, 1.807) is 0 Å². The predicted molar refractivity (Wildman–Crippen MR) is 51.6 cm³/mol. The van der Waals surface area contributed by atoms with Gasteiger partial charge in [-0.15, -0.1) is 0 Å². The Bertz CT molecular complexity index is 158. The van der Waals surface area contributed by atoms with E-state index in [4.69, 9.17) is 5.11 Å². The SMILES string of the molecule is CN(C)CC(O)CNC1(CO)CC1. The van der Waals surface area contributed by atoms with E-state index in [9.17, 15) is 5.11 Å². The van der Waals surface area contributed by atoms with Crippen LogP contribution < -0.4 is 5.32 Å². The minimum atomic E-state index is -0.348. The van der Waals surface area contributed by atoms with Crippen LogP contribution in [0.5, 0.6) is 0 Å². The lowest BCUT2D eigenvalue weighted by Gasteiger charge is -2.20. The van der Waals surface area contributed by atoms with Crippen LogP contribution in [0.2, 0.25) is 0 Å². The van der Waals surface area contributed by atoms with Gasteiger partial charge in [-0.25, -0.2) is 0 Å². The highest BCUT2D eigenvalue weighted by molar-refractivity contribution is 5.01. The highest BCUT2D eigenvalue weighted by Gasteiger charge is 2.41. The molecule has 0 aromatic carbocycles. The second-order valence-electron chi connectivity index (χ2n) is 4.24. The van der Waals surface area contributed by atoms with Crippen LogP contribution in [-0.4, -0.2) is 60.5 Å². The van der Waals surface area contributed by atoms with Crippen molar-refractivity contribution >= 4 is 0 Å². The fourth-order valence-corrected chi connectivity index (χ4v) is 1.36. The predicted octanol–water partition coefficient (Wildman–Crippen LogP) is -0.977. The Morgan fingerprint density at radius 1 is 1.46 bits per heavy atom. The molecule has 0 radical (unpaired) electrons. The smallest absolute Gasteiger partial charge is 0.0791 e. The molecule has 0 aromatic heterocycles. The van der Waals surface area contributed by atoms with Gasteiger partial charge in [0.15, 0.2) is 0 Å². The second-order valence-corrected chi connectivity index (χ2v) is 4.24. The number of rotatable bonds is 6. The van der Waals surface area contributed by atoms with Gasteiger partial charge < -0.3 is 20.4 Å². The Balaban J connectivity index is 2.11. The molecule has 1 aliphatic rings. The van der Waals surface area contributed by atoms with E-state index >= 15 is 0 Å². The number of hydrogen-bond acceptors (Lipinski definition) is 4. The van der Waals surface area contributed by atoms with Gasteiger partial charge in [0.05, 0.1) is 12.7 Å². The van der Waals surface area contributed by atoms with Gasteiger partial charge in [0.2, 0.25) is 0 Å². The Morgan fingerprint density at radius 2 is 2.08 bits per heavy atom. The zero-order valence-electron chi connectivity index (χ0n) is 8.45. The first-order chi connectivity index (χ1) is 6.08. The zero-order valence-corrected chi connectivity index (χ0v) is 8.45.